The molecule has 1 fully saturated rings. The van der Waals surface area contributed by atoms with Gasteiger partial charge in [0.2, 0.25) is 0 Å². The van der Waals surface area contributed by atoms with Crippen LogP contribution in [0.25, 0.3) is 17.2 Å². The molecule has 0 aliphatic carbocycles. The van der Waals surface area contributed by atoms with Crippen LogP contribution in [0.15, 0.2) is 58.8 Å². The monoisotopic (exact) mass is 604 g/mol. The zero-order valence-electron chi connectivity index (χ0n) is 21.5. The lowest BCUT2D eigenvalue weighted by Gasteiger charge is -2.19. The number of amides is 2. The quantitative estimate of drug-likeness (QED) is 0.181. The van der Waals surface area contributed by atoms with Gasteiger partial charge in [-0.15, -0.1) is 11.3 Å². The Hall–Kier alpha value is -3.48. The van der Waals surface area contributed by atoms with Gasteiger partial charge in [-0.1, -0.05) is 30.0 Å². The van der Waals surface area contributed by atoms with Crippen molar-refractivity contribution >= 4 is 69.2 Å². The van der Waals surface area contributed by atoms with E-state index in [0.29, 0.717) is 16.0 Å². The van der Waals surface area contributed by atoms with Gasteiger partial charge in [0.25, 0.3) is 11.8 Å². The molecule has 2 heterocycles. The summed E-state index contributed by atoms with van der Waals surface area (Å²) in [6.45, 7) is 4.65. The minimum Gasteiger partial charge on any atom is -0.456 e. The third-order valence-corrected chi connectivity index (χ3v) is 7.69. The molecular formula is C28H23F3N2O4S3. The Kier molecular flexibility index (Phi) is 8.81. The van der Waals surface area contributed by atoms with Crippen LogP contribution in [0.3, 0.4) is 0 Å². The molecule has 1 saturated heterocycles. The Morgan fingerprint density at radius 1 is 1.07 bits per heavy atom. The summed E-state index contributed by atoms with van der Waals surface area (Å²) in [5, 5.41) is 4.16. The highest BCUT2D eigenvalue weighted by molar-refractivity contribution is 8.26. The number of thiocarbonyl (C=S) groups is 1. The zero-order chi connectivity index (χ0) is 29.2. The van der Waals surface area contributed by atoms with Crippen LogP contribution >= 0.6 is 35.3 Å². The highest BCUT2D eigenvalue weighted by Gasteiger charge is 2.35. The van der Waals surface area contributed by atoms with E-state index >= 15 is 0 Å². The van der Waals surface area contributed by atoms with Crippen molar-refractivity contribution in [2.24, 2.45) is 0 Å². The van der Waals surface area contributed by atoms with E-state index < -0.39 is 47.7 Å². The van der Waals surface area contributed by atoms with E-state index in [0.717, 1.165) is 28.8 Å². The topological polar surface area (TPSA) is 75.7 Å². The number of nitrogens with zero attached hydrogens (tertiary/aromatic N) is 1. The molecule has 1 aromatic heterocycles. The average molecular weight is 605 g/mol. The Bertz CT molecular complexity index is 1510. The number of nitrogens with one attached hydrogen (secondary N) is 1. The molecule has 0 spiro atoms. The molecule has 3 aromatic rings. The first-order chi connectivity index (χ1) is 18.8. The average Bonchev–Trinajstić information content (AvgIpc) is 3.45. The van der Waals surface area contributed by atoms with Crippen LogP contribution < -0.4 is 5.32 Å². The molecule has 208 valence electrons. The minimum absolute atomic E-state index is 0.103. The summed E-state index contributed by atoms with van der Waals surface area (Å²) in [5.74, 6) is -3.96. The summed E-state index contributed by atoms with van der Waals surface area (Å²) < 4.78 is 47.1. The SMILES string of the molecule is CC(C)(C)OC(=O)c1ccc(NC(=O)C(F)CN2C(=O)C(=Cc3cc(-c4ccc(F)c(F)c4)cs3)SC2=S)cc1. The maximum absolute atomic E-state index is 14.9. The van der Waals surface area contributed by atoms with Gasteiger partial charge in [0.15, 0.2) is 17.8 Å². The predicted octanol–water partition coefficient (Wildman–Crippen LogP) is 6.83. The third-order valence-electron chi connectivity index (χ3n) is 5.43. The number of ether oxygens (including phenoxy) is 1. The van der Waals surface area contributed by atoms with E-state index in [9.17, 15) is 27.6 Å². The van der Waals surface area contributed by atoms with Gasteiger partial charge in [0.1, 0.15) is 9.92 Å². The molecule has 2 aromatic carbocycles. The number of carbonyl (C=O) groups excluding carboxylic acids is 3. The fourth-order valence-electron chi connectivity index (χ4n) is 3.53. The van der Waals surface area contributed by atoms with E-state index in [-0.39, 0.29) is 20.5 Å². The Morgan fingerprint density at radius 3 is 2.42 bits per heavy atom. The van der Waals surface area contributed by atoms with Gasteiger partial charge in [-0.2, -0.15) is 0 Å². The van der Waals surface area contributed by atoms with Crippen LogP contribution in [-0.4, -0.2) is 45.3 Å². The van der Waals surface area contributed by atoms with Gasteiger partial charge in [-0.05, 0) is 85.8 Å². The van der Waals surface area contributed by atoms with E-state index in [4.69, 9.17) is 17.0 Å². The molecule has 12 heteroatoms. The van der Waals surface area contributed by atoms with Crippen LogP contribution in [0.5, 0.6) is 0 Å². The lowest BCUT2D eigenvalue weighted by molar-refractivity contribution is -0.125. The number of anilines is 1. The molecule has 6 nitrogen and oxygen atoms in total. The summed E-state index contributed by atoms with van der Waals surface area (Å²) in [6, 6.07) is 11.1. The maximum Gasteiger partial charge on any atom is 0.338 e. The second-order valence-corrected chi connectivity index (χ2v) is 12.3. The molecule has 4 rings (SSSR count). The van der Waals surface area contributed by atoms with Gasteiger partial charge >= 0.3 is 5.97 Å². The fourth-order valence-corrected chi connectivity index (χ4v) is 5.72. The van der Waals surface area contributed by atoms with Gasteiger partial charge < -0.3 is 10.1 Å². The molecule has 0 radical (unpaired) electrons. The van der Waals surface area contributed by atoms with Gasteiger partial charge in [-0.3, -0.25) is 14.5 Å². The maximum atomic E-state index is 14.9. The number of alkyl halides is 1. The standard InChI is InChI=1S/C28H23F3N2O4S3/c1-28(2,3)37-26(36)15-4-7-18(8-5-15)32-24(34)22(31)13-33-25(35)23(40-27(33)38)12-19-10-17(14-39-19)16-6-9-20(29)21(30)11-16/h4-12,14,22H,13H2,1-3H3,(H,32,34). The Balaban J connectivity index is 1.37. The first-order valence-electron chi connectivity index (χ1n) is 11.9. The van der Waals surface area contributed by atoms with Crippen molar-refractivity contribution < 1.29 is 32.3 Å². The van der Waals surface area contributed by atoms with E-state index in [1.807, 2.05) is 0 Å². The van der Waals surface area contributed by atoms with Gasteiger partial charge in [0, 0.05) is 10.6 Å². The van der Waals surface area contributed by atoms with Crippen molar-refractivity contribution in [3.8, 4) is 11.1 Å². The molecule has 0 saturated carbocycles. The van der Waals surface area contributed by atoms with Crippen molar-refractivity contribution in [2.45, 2.75) is 32.5 Å². The van der Waals surface area contributed by atoms with E-state index in [2.05, 4.69) is 5.32 Å². The van der Waals surface area contributed by atoms with Crippen LogP contribution in [0.4, 0.5) is 18.9 Å². The number of carbonyl (C=O) groups is 3. The Labute approximate surface area is 242 Å². The summed E-state index contributed by atoms with van der Waals surface area (Å²) in [7, 11) is 0. The number of thioether (sulfide) groups is 1. The summed E-state index contributed by atoms with van der Waals surface area (Å²) in [4.78, 5) is 39.4. The molecule has 1 atom stereocenters. The molecule has 0 bridgehead atoms. The largest absolute Gasteiger partial charge is 0.456 e. The zero-order valence-corrected chi connectivity index (χ0v) is 23.9. The fraction of sp³-hybridized carbons (Fsp3) is 0.214. The van der Waals surface area contributed by atoms with Gasteiger partial charge in [0.05, 0.1) is 17.0 Å². The smallest absolute Gasteiger partial charge is 0.338 e. The summed E-state index contributed by atoms with van der Waals surface area (Å²) in [6.07, 6.45) is -0.499. The second-order valence-electron chi connectivity index (χ2n) is 9.69. The molecule has 2 amide bonds. The lowest BCUT2D eigenvalue weighted by atomic mass is 10.1. The third kappa shape index (κ3) is 7.18. The first-order valence-corrected chi connectivity index (χ1v) is 14.0. The van der Waals surface area contributed by atoms with Crippen molar-refractivity contribution in [1.82, 2.24) is 4.90 Å². The van der Waals surface area contributed by atoms with E-state index in [1.54, 1.807) is 38.3 Å². The highest BCUT2D eigenvalue weighted by atomic mass is 32.2. The molecular weight excluding hydrogens is 582 g/mol. The Morgan fingerprint density at radius 2 is 1.77 bits per heavy atom. The van der Waals surface area contributed by atoms with E-state index in [1.165, 1.54) is 41.7 Å². The van der Waals surface area contributed by atoms with Crippen LogP contribution in [0, 0.1) is 11.6 Å². The van der Waals surface area contributed by atoms with Crippen molar-refractivity contribution in [3.63, 3.8) is 0 Å². The number of esters is 1. The molecule has 1 N–H and O–H groups in total. The highest BCUT2D eigenvalue weighted by Crippen LogP contribution is 2.35. The van der Waals surface area contributed by atoms with Crippen LogP contribution in [-0.2, 0) is 14.3 Å². The van der Waals surface area contributed by atoms with Crippen LogP contribution in [0.1, 0.15) is 36.0 Å². The minimum atomic E-state index is -2.07. The number of rotatable bonds is 7. The lowest BCUT2D eigenvalue weighted by Crippen LogP contribution is -2.39. The summed E-state index contributed by atoms with van der Waals surface area (Å²) in [5.41, 5.74) is 0.999. The number of halogens is 3. The molecule has 1 unspecified atom stereocenters. The number of hydrogen-bond acceptors (Lipinski definition) is 7. The number of thiophene rings is 1. The number of benzene rings is 2. The van der Waals surface area contributed by atoms with Crippen molar-refractivity contribution in [3.05, 3.63) is 80.9 Å². The molecule has 40 heavy (non-hydrogen) atoms. The van der Waals surface area contributed by atoms with Crippen LogP contribution in [0.2, 0.25) is 0 Å². The summed E-state index contributed by atoms with van der Waals surface area (Å²) >= 11 is 7.50. The molecule has 1 aliphatic rings. The molecule has 1 aliphatic heterocycles. The predicted molar refractivity (Wildman–Crippen MR) is 155 cm³/mol. The number of hydrogen-bond donors (Lipinski definition) is 1. The van der Waals surface area contributed by atoms with Crippen molar-refractivity contribution in [2.75, 3.05) is 11.9 Å². The van der Waals surface area contributed by atoms with Crippen molar-refractivity contribution in [1.29, 1.82) is 0 Å². The van der Waals surface area contributed by atoms with Gasteiger partial charge in [-0.25, -0.2) is 18.0 Å². The normalized spacial score (nSPS) is 15.4. The second kappa shape index (κ2) is 11.9. The first kappa shape index (κ1) is 29.5.